The molecule has 3 aromatic heterocycles. The molecule has 0 unspecified atom stereocenters. The molecular weight excluding hydrogens is 625 g/mol. The van der Waals surface area contributed by atoms with Gasteiger partial charge in [-0.3, -0.25) is 0 Å². The highest BCUT2D eigenvalue weighted by Crippen LogP contribution is 2.40. The maximum Gasteiger partial charge on any atom is 0.164 e. The molecule has 10 aromatic rings. The van der Waals surface area contributed by atoms with Crippen molar-refractivity contribution in [3.8, 4) is 51.0 Å². The van der Waals surface area contributed by atoms with E-state index in [1.807, 2.05) is 72.8 Å². The molecule has 51 heavy (non-hydrogen) atoms. The van der Waals surface area contributed by atoms with E-state index in [4.69, 9.17) is 19.4 Å². The first-order chi connectivity index (χ1) is 24.8. The molecule has 0 spiro atoms. The summed E-state index contributed by atoms with van der Waals surface area (Å²) in [6, 6.07) is 58.6. The van der Waals surface area contributed by atoms with E-state index in [1.54, 1.807) is 0 Å². The number of fused-ring (bicyclic) bond motifs is 6. The Morgan fingerprint density at radius 2 is 0.961 bits per heavy atom. The molecule has 5 nitrogen and oxygen atoms in total. The van der Waals surface area contributed by atoms with Gasteiger partial charge in [-0.15, -0.1) is 0 Å². The maximum absolute atomic E-state index is 6.44. The van der Waals surface area contributed by atoms with Crippen LogP contribution in [-0.4, -0.2) is 19.5 Å². The molecule has 10 rings (SSSR count). The van der Waals surface area contributed by atoms with Crippen molar-refractivity contribution in [3.05, 3.63) is 170 Å². The standard InChI is InChI=1S/C45H28N4O.CH4/c1-4-13-29(14-5-1)43-46-44(30-15-6-2-7-16-30)48-45(47-43)35-20-12-22-41-42(35)37-28-32(24-26-40(37)50-41)31-23-25-39-36(27-31)34-19-10-11-21-38(34)49(39)33-17-8-3-9-18-33;/h1-28H;1H4. The van der Waals surface area contributed by atoms with Crippen LogP contribution in [0.2, 0.25) is 0 Å². The number of nitrogens with zero attached hydrogens (tertiary/aromatic N) is 4. The molecule has 5 heteroatoms. The van der Waals surface area contributed by atoms with E-state index >= 15 is 0 Å². The first-order valence-corrected chi connectivity index (χ1v) is 16.7. The van der Waals surface area contributed by atoms with Gasteiger partial charge < -0.3 is 8.98 Å². The third-order valence-corrected chi connectivity index (χ3v) is 9.46. The molecule has 0 amide bonds. The topological polar surface area (TPSA) is 56.7 Å². The minimum Gasteiger partial charge on any atom is -0.456 e. The quantitative estimate of drug-likeness (QED) is 0.185. The second-order valence-electron chi connectivity index (χ2n) is 12.5. The molecule has 242 valence electrons. The lowest BCUT2D eigenvalue weighted by Crippen LogP contribution is -2.00. The average molecular weight is 657 g/mol. The number of rotatable bonds is 5. The van der Waals surface area contributed by atoms with Crippen LogP contribution in [0.5, 0.6) is 0 Å². The molecule has 0 atom stereocenters. The van der Waals surface area contributed by atoms with Gasteiger partial charge >= 0.3 is 0 Å². The lowest BCUT2D eigenvalue weighted by molar-refractivity contribution is 0.669. The van der Waals surface area contributed by atoms with Gasteiger partial charge in [0.2, 0.25) is 0 Å². The van der Waals surface area contributed by atoms with E-state index in [9.17, 15) is 0 Å². The van der Waals surface area contributed by atoms with Crippen LogP contribution in [0.1, 0.15) is 7.43 Å². The molecule has 3 heterocycles. The Labute approximate surface area is 295 Å². The van der Waals surface area contributed by atoms with Crippen molar-refractivity contribution in [3.63, 3.8) is 0 Å². The highest BCUT2D eigenvalue weighted by Gasteiger charge is 2.19. The lowest BCUT2D eigenvalue weighted by atomic mass is 9.99. The highest BCUT2D eigenvalue weighted by molar-refractivity contribution is 6.14. The number of para-hydroxylation sites is 2. The van der Waals surface area contributed by atoms with E-state index in [-0.39, 0.29) is 7.43 Å². The van der Waals surface area contributed by atoms with E-state index in [1.165, 1.54) is 21.8 Å². The molecular formula is C46H32N4O. The fourth-order valence-electron chi connectivity index (χ4n) is 7.13. The SMILES string of the molecule is C.c1ccc(-c2nc(-c3ccccc3)nc(-c3cccc4oc5ccc(-c6ccc7c(c6)c6ccccc6n7-c6ccccc6)cc5c34)n2)cc1. The van der Waals surface area contributed by atoms with Gasteiger partial charge in [0.15, 0.2) is 17.5 Å². The van der Waals surface area contributed by atoms with Gasteiger partial charge in [-0.25, -0.2) is 15.0 Å². The maximum atomic E-state index is 6.44. The minimum absolute atomic E-state index is 0. The van der Waals surface area contributed by atoms with Gasteiger partial charge in [-0.1, -0.05) is 129 Å². The second kappa shape index (κ2) is 12.2. The Balaban J connectivity index is 0.00000348. The van der Waals surface area contributed by atoms with Gasteiger partial charge in [0.1, 0.15) is 11.2 Å². The van der Waals surface area contributed by atoms with Gasteiger partial charge in [0.05, 0.1) is 11.0 Å². The van der Waals surface area contributed by atoms with Crippen LogP contribution >= 0.6 is 0 Å². The number of aromatic nitrogens is 4. The zero-order chi connectivity index (χ0) is 33.0. The number of benzene rings is 7. The minimum atomic E-state index is 0. The van der Waals surface area contributed by atoms with Crippen molar-refractivity contribution in [2.75, 3.05) is 0 Å². The van der Waals surface area contributed by atoms with E-state index in [2.05, 4.69) is 102 Å². The molecule has 0 aliphatic carbocycles. The van der Waals surface area contributed by atoms with Crippen LogP contribution in [0, 0.1) is 0 Å². The van der Waals surface area contributed by atoms with E-state index < -0.39 is 0 Å². The van der Waals surface area contributed by atoms with Crippen LogP contribution in [-0.2, 0) is 0 Å². The molecule has 0 aliphatic heterocycles. The predicted octanol–water partition coefficient (Wildman–Crippen LogP) is 12.2. The highest BCUT2D eigenvalue weighted by atomic mass is 16.3. The fraction of sp³-hybridized carbons (Fsp3) is 0.0217. The number of furan rings is 1. The smallest absolute Gasteiger partial charge is 0.164 e. The van der Waals surface area contributed by atoms with Gasteiger partial charge in [-0.2, -0.15) is 0 Å². The Hall–Kier alpha value is -6.85. The average Bonchev–Trinajstić information content (AvgIpc) is 3.74. The van der Waals surface area contributed by atoms with Crippen molar-refractivity contribution < 1.29 is 4.42 Å². The normalized spacial score (nSPS) is 11.4. The summed E-state index contributed by atoms with van der Waals surface area (Å²) >= 11 is 0. The summed E-state index contributed by atoms with van der Waals surface area (Å²) in [4.78, 5) is 15.0. The van der Waals surface area contributed by atoms with Crippen LogP contribution in [0.25, 0.3) is 94.7 Å². The fourth-order valence-corrected chi connectivity index (χ4v) is 7.13. The third kappa shape index (κ3) is 5.06. The molecule has 0 saturated carbocycles. The van der Waals surface area contributed by atoms with E-state index in [0.717, 1.165) is 55.4 Å². The molecule has 0 fully saturated rings. The molecule has 0 N–H and O–H groups in total. The summed E-state index contributed by atoms with van der Waals surface area (Å²) in [5.74, 6) is 1.86. The largest absolute Gasteiger partial charge is 0.456 e. The van der Waals surface area contributed by atoms with Crippen molar-refractivity contribution >= 4 is 43.7 Å². The number of hydrogen-bond donors (Lipinski definition) is 0. The van der Waals surface area contributed by atoms with Gasteiger partial charge in [0, 0.05) is 43.9 Å². The zero-order valence-electron chi connectivity index (χ0n) is 26.9. The van der Waals surface area contributed by atoms with Crippen molar-refractivity contribution in [2.45, 2.75) is 7.43 Å². The Morgan fingerprint density at radius 1 is 0.392 bits per heavy atom. The van der Waals surface area contributed by atoms with Crippen LogP contribution < -0.4 is 0 Å². The van der Waals surface area contributed by atoms with E-state index in [0.29, 0.717) is 17.5 Å². The molecule has 7 aromatic carbocycles. The molecule has 0 bridgehead atoms. The first kappa shape index (κ1) is 30.2. The second-order valence-corrected chi connectivity index (χ2v) is 12.5. The van der Waals surface area contributed by atoms with Crippen LogP contribution in [0.3, 0.4) is 0 Å². The van der Waals surface area contributed by atoms with Gasteiger partial charge in [0.25, 0.3) is 0 Å². The Morgan fingerprint density at radius 3 is 1.67 bits per heavy atom. The van der Waals surface area contributed by atoms with Crippen LogP contribution in [0.4, 0.5) is 0 Å². The summed E-state index contributed by atoms with van der Waals surface area (Å²) in [5.41, 5.74) is 10.1. The number of hydrogen-bond acceptors (Lipinski definition) is 4. The summed E-state index contributed by atoms with van der Waals surface area (Å²) in [5, 5.41) is 4.44. The summed E-state index contributed by atoms with van der Waals surface area (Å²) in [6.45, 7) is 0. The molecule has 0 saturated heterocycles. The Kier molecular flexibility index (Phi) is 7.25. The summed E-state index contributed by atoms with van der Waals surface area (Å²) in [7, 11) is 0. The van der Waals surface area contributed by atoms with Crippen molar-refractivity contribution in [1.29, 1.82) is 0 Å². The monoisotopic (exact) mass is 656 g/mol. The summed E-state index contributed by atoms with van der Waals surface area (Å²) < 4.78 is 8.78. The third-order valence-electron chi connectivity index (χ3n) is 9.46. The van der Waals surface area contributed by atoms with Crippen LogP contribution in [0.15, 0.2) is 174 Å². The summed E-state index contributed by atoms with van der Waals surface area (Å²) in [6.07, 6.45) is 0. The zero-order valence-corrected chi connectivity index (χ0v) is 26.9. The lowest BCUT2D eigenvalue weighted by Gasteiger charge is -2.09. The van der Waals surface area contributed by atoms with Crippen molar-refractivity contribution in [1.82, 2.24) is 19.5 Å². The Bertz CT molecular complexity index is 2800. The first-order valence-electron chi connectivity index (χ1n) is 16.7. The van der Waals surface area contributed by atoms with Gasteiger partial charge in [-0.05, 0) is 59.7 Å². The van der Waals surface area contributed by atoms with Crippen molar-refractivity contribution in [2.24, 2.45) is 0 Å². The molecule has 0 radical (unpaired) electrons. The molecule has 0 aliphatic rings. The predicted molar refractivity (Wildman–Crippen MR) is 210 cm³/mol.